The summed E-state index contributed by atoms with van der Waals surface area (Å²) in [6.07, 6.45) is 1.05. The molecule has 0 aliphatic carbocycles. The summed E-state index contributed by atoms with van der Waals surface area (Å²) in [5.74, 6) is 0. The van der Waals surface area contributed by atoms with Gasteiger partial charge >= 0.3 is 17.6 Å². The van der Waals surface area contributed by atoms with Crippen LogP contribution in [0.15, 0.2) is 12.3 Å². The molecule has 144 valence electrons. The van der Waals surface area contributed by atoms with E-state index in [1.807, 2.05) is 6.92 Å². The number of hydrogen-bond acceptors (Lipinski definition) is 8. The van der Waals surface area contributed by atoms with Gasteiger partial charge in [-0.1, -0.05) is 13.5 Å². The minimum absolute atomic E-state index is 0.123. The lowest BCUT2D eigenvalue weighted by Gasteiger charge is -2.31. The van der Waals surface area contributed by atoms with E-state index in [0.717, 1.165) is 13.0 Å². The molecule has 0 bridgehead atoms. The van der Waals surface area contributed by atoms with Crippen LogP contribution in [0, 0.1) is 0 Å². The maximum absolute atomic E-state index is 5.72. The lowest BCUT2D eigenvalue weighted by molar-refractivity contribution is 0.00651. The Bertz CT molecular complexity index is 316. The summed E-state index contributed by atoms with van der Waals surface area (Å²) in [6.45, 7) is 6.93. The molecule has 1 fully saturated rings. The zero-order chi connectivity index (χ0) is 18.6. The van der Waals surface area contributed by atoms with Crippen molar-refractivity contribution in [3.63, 3.8) is 0 Å². The van der Waals surface area contributed by atoms with Crippen molar-refractivity contribution in [2.24, 2.45) is 0 Å². The zero-order valence-electron chi connectivity index (χ0n) is 15.8. The summed E-state index contributed by atoms with van der Waals surface area (Å²) >= 11 is 0. The van der Waals surface area contributed by atoms with Gasteiger partial charge in [0.15, 0.2) is 0 Å². The topological polar surface area (TPSA) is 77.1 Å². The fourth-order valence-corrected chi connectivity index (χ4v) is 5.09. The summed E-state index contributed by atoms with van der Waals surface area (Å²) in [7, 11) is 4.32. The number of epoxide rings is 1. The molecule has 2 unspecified atom stereocenters. The highest BCUT2D eigenvalue weighted by molar-refractivity contribution is 6.66. The molecule has 0 N–H and O–H groups in total. The molecule has 0 spiro atoms. The molecule has 0 aromatic rings. The van der Waals surface area contributed by atoms with Gasteiger partial charge in [-0.15, -0.1) is 0 Å². The van der Waals surface area contributed by atoms with Crippen molar-refractivity contribution in [2.45, 2.75) is 25.2 Å². The summed E-state index contributed by atoms with van der Waals surface area (Å²) in [5.41, 5.74) is 1.45. The molecule has 0 saturated carbocycles. The predicted octanol–water partition coefficient (Wildman–Crippen LogP) is 1.19. The predicted molar refractivity (Wildman–Crippen MR) is 93.5 cm³/mol. The second kappa shape index (κ2) is 12.2. The first-order valence-electron chi connectivity index (χ1n) is 7.64. The van der Waals surface area contributed by atoms with Crippen LogP contribution in [0.2, 0.25) is 0 Å². The van der Waals surface area contributed by atoms with Crippen molar-refractivity contribution in [1.82, 2.24) is 0 Å². The number of ether oxygens (including phenoxy) is 2. The molecule has 1 aliphatic rings. The highest BCUT2D eigenvalue weighted by atomic mass is 28.4. The largest absolute Gasteiger partial charge is 0.530 e. The van der Waals surface area contributed by atoms with Gasteiger partial charge in [-0.25, -0.2) is 0 Å². The van der Waals surface area contributed by atoms with Crippen LogP contribution < -0.4 is 0 Å². The highest BCUT2D eigenvalue weighted by Crippen LogP contribution is 2.20. The molecule has 1 heterocycles. The van der Waals surface area contributed by atoms with Gasteiger partial charge < -0.3 is 36.0 Å². The van der Waals surface area contributed by atoms with E-state index in [4.69, 9.17) is 36.0 Å². The van der Waals surface area contributed by atoms with Gasteiger partial charge in [0.2, 0.25) is 0 Å². The molecule has 10 heteroatoms. The summed E-state index contributed by atoms with van der Waals surface area (Å²) in [4.78, 5) is 0. The van der Waals surface area contributed by atoms with Crippen molar-refractivity contribution in [3.8, 4) is 0 Å². The molecule has 2 atom stereocenters. The molecule has 0 aromatic carbocycles. The zero-order valence-corrected chi connectivity index (χ0v) is 17.8. The molecule has 1 aliphatic heterocycles. The van der Waals surface area contributed by atoms with Crippen LogP contribution in [0.5, 0.6) is 0 Å². The first-order valence-corrected chi connectivity index (χ1v) is 11.2. The average Bonchev–Trinajstić information content (AvgIpc) is 3.46. The molecular weight excluding hydrogens is 352 g/mol. The maximum Gasteiger partial charge on any atom is 0.530 e. The molecule has 24 heavy (non-hydrogen) atoms. The van der Waals surface area contributed by atoms with E-state index in [-0.39, 0.29) is 11.8 Å². The third-order valence-electron chi connectivity index (χ3n) is 3.61. The third-order valence-corrected chi connectivity index (χ3v) is 8.89. The fraction of sp³-hybridized carbons (Fsp3) is 0.857. The fourth-order valence-electron chi connectivity index (χ4n) is 2.00. The van der Waals surface area contributed by atoms with E-state index >= 15 is 0 Å². The Morgan fingerprint density at radius 3 is 1.67 bits per heavy atom. The van der Waals surface area contributed by atoms with Crippen LogP contribution in [0.3, 0.4) is 0 Å². The van der Waals surface area contributed by atoms with E-state index in [1.54, 1.807) is 48.4 Å². The lowest BCUT2D eigenvalue weighted by Crippen LogP contribution is -2.55. The van der Waals surface area contributed by atoms with Gasteiger partial charge in [0.1, 0.15) is 11.8 Å². The highest BCUT2D eigenvalue weighted by Gasteiger charge is 2.48. The Hall–Kier alpha value is -0.146. The van der Waals surface area contributed by atoms with Gasteiger partial charge in [-0.3, -0.25) is 0 Å². The van der Waals surface area contributed by atoms with Crippen LogP contribution in [0.1, 0.15) is 13.3 Å². The SMILES string of the molecule is C=C[Si](OC)(OC)OC.CCC(OCC1CO1)[Si](OC)(OC)OC. The second-order valence-electron chi connectivity index (χ2n) is 4.82. The van der Waals surface area contributed by atoms with Crippen molar-refractivity contribution in [3.05, 3.63) is 12.3 Å². The molecular formula is C14H32O8Si2. The number of hydrogen-bond donors (Lipinski definition) is 0. The van der Waals surface area contributed by atoms with Gasteiger partial charge in [0.05, 0.1) is 13.2 Å². The van der Waals surface area contributed by atoms with Crippen molar-refractivity contribution >= 4 is 17.6 Å². The van der Waals surface area contributed by atoms with E-state index in [9.17, 15) is 0 Å². The van der Waals surface area contributed by atoms with E-state index in [1.165, 1.54) is 0 Å². The van der Waals surface area contributed by atoms with Crippen LogP contribution in [-0.4, -0.2) is 85.3 Å². The molecule has 0 amide bonds. The van der Waals surface area contributed by atoms with Gasteiger partial charge in [0, 0.05) is 42.7 Å². The maximum atomic E-state index is 5.72. The Balaban J connectivity index is 0.000000506. The smallest absolute Gasteiger partial charge is 0.375 e. The monoisotopic (exact) mass is 384 g/mol. The lowest BCUT2D eigenvalue weighted by atomic mass is 10.5. The Morgan fingerprint density at radius 2 is 1.46 bits per heavy atom. The molecule has 1 rings (SSSR count). The quantitative estimate of drug-likeness (QED) is 0.367. The number of rotatable bonds is 12. The summed E-state index contributed by atoms with van der Waals surface area (Å²) < 4.78 is 41.8. The molecule has 0 radical (unpaired) electrons. The molecule has 8 nitrogen and oxygen atoms in total. The third kappa shape index (κ3) is 7.00. The van der Waals surface area contributed by atoms with E-state index in [0.29, 0.717) is 6.61 Å². The Kier molecular flexibility index (Phi) is 12.2. The van der Waals surface area contributed by atoms with Crippen LogP contribution in [-0.2, 0) is 36.0 Å². The van der Waals surface area contributed by atoms with Gasteiger partial charge in [0.25, 0.3) is 0 Å². The van der Waals surface area contributed by atoms with Crippen molar-refractivity contribution in [2.75, 3.05) is 55.9 Å². The normalized spacial score (nSPS) is 18.5. The molecule has 0 aromatic heterocycles. The second-order valence-corrected chi connectivity index (χ2v) is 10.7. The standard InChI is InChI=1S/C9H20O5Si.C5H12O3Si/c1-5-9(14-7-8-6-13-8)15(10-2,11-3)12-4;1-5-9(6-2,7-3)8-4/h8-9H,5-7H2,1-4H3;5H,1H2,2-4H3. The minimum Gasteiger partial charge on any atom is -0.375 e. The first kappa shape index (κ1) is 23.9. The molecule has 1 saturated heterocycles. The average molecular weight is 385 g/mol. The van der Waals surface area contributed by atoms with Crippen molar-refractivity contribution in [1.29, 1.82) is 0 Å². The Morgan fingerprint density at radius 1 is 1.00 bits per heavy atom. The summed E-state index contributed by atoms with van der Waals surface area (Å²) in [5, 5.41) is 0. The van der Waals surface area contributed by atoms with Crippen molar-refractivity contribution < 1.29 is 36.0 Å². The minimum atomic E-state index is -2.66. The first-order chi connectivity index (χ1) is 11.5. The van der Waals surface area contributed by atoms with Crippen LogP contribution >= 0.6 is 0 Å². The Labute approximate surface area is 147 Å². The van der Waals surface area contributed by atoms with E-state index < -0.39 is 17.6 Å². The van der Waals surface area contributed by atoms with Gasteiger partial charge in [-0.2, -0.15) is 0 Å². The van der Waals surface area contributed by atoms with Crippen LogP contribution in [0.4, 0.5) is 0 Å². The van der Waals surface area contributed by atoms with Crippen LogP contribution in [0.25, 0.3) is 0 Å². The van der Waals surface area contributed by atoms with Gasteiger partial charge in [-0.05, 0) is 12.1 Å². The summed E-state index contributed by atoms with van der Waals surface area (Å²) in [6, 6.07) is 0. The van der Waals surface area contributed by atoms with E-state index in [2.05, 4.69) is 6.58 Å².